The van der Waals surface area contributed by atoms with Crippen molar-refractivity contribution < 1.29 is 13.2 Å². The van der Waals surface area contributed by atoms with Crippen LogP contribution in [0.15, 0.2) is 59.6 Å². The Labute approximate surface area is 174 Å². The van der Waals surface area contributed by atoms with E-state index < -0.39 is 9.84 Å². The standard InChI is InChI=1S/C20H21ClN2O3S2/c21-16-8-6-15(7-9-16)12-23-19-14-28(24,25)13-18(19)22-20(23)27-11-10-26-17-4-2-1-3-5-17/h1-9,18-19H,10-14H2/t18-,19-/m0/s1. The zero-order chi connectivity index (χ0) is 19.6. The monoisotopic (exact) mass is 436 g/mol. The molecule has 2 atom stereocenters. The third kappa shape index (κ3) is 4.64. The minimum atomic E-state index is -3.03. The number of benzene rings is 2. The van der Waals surface area contributed by atoms with Gasteiger partial charge in [-0.25, -0.2) is 8.42 Å². The molecule has 1 fully saturated rings. The second kappa shape index (κ2) is 8.35. The van der Waals surface area contributed by atoms with Crippen molar-refractivity contribution in [2.24, 2.45) is 4.99 Å². The number of halogens is 1. The lowest BCUT2D eigenvalue weighted by atomic mass is 10.1. The number of rotatable bonds is 6. The Morgan fingerprint density at radius 1 is 1.11 bits per heavy atom. The first-order valence-electron chi connectivity index (χ1n) is 9.10. The Bertz CT molecular complexity index is 949. The Morgan fingerprint density at radius 2 is 1.86 bits per heavy atom. The molecule has 0 spiro atoms. The second-order valence-corrected chi connectivity index (χ2v) is 10.5. The van der Waals surface area contributed by atoms with Gasteiger partial charge in [-0.1, -0.05) is 53.7 Å². The molecule has 0 aromatic heterocycles. The molecule has 2 heterocycles. The van der Waals surface area contributed by atoms with Crippen molar-refractivity contribution in [3.8, 4) is 5.75 Å². The van der Waals surface area contributed by atoms with Crippen LogP contribution < -0.4 is 4.74 Å². The third-order valence-corrected chi connectivity index (χ3v) is 7.73. The lowest BCUT2D eigenvalue weighted by Crippen LogP contribution is -2.38. The molecule has 0 N–H and O–H groups in total. The van der Waals surface area contributed by atoms with Crippen LogP contribution in [0.25, 0.3) is 0 Å². The van der Waals surface area contributed by atoms with E-state index >= 15 is 0 Å². The molecule has 2 aliphatic heterocycles. The van der Waals surface area contributed by atoms with Gasteiger partial charge in [-0.3, -0.25) is 4.99 Å². The van der Waals surface area contributed by atoms with E-state index in [4.69, 9.17) is 21.3 Å². The first-order valence-corrected chi connectivity index (χ1v) is 12.3. The molecule has 8 heteroatoms. The predicted octanol–water partition coefficient (Wildman–Crippen LogP) is 3.49. The summed E-state index contributed by atoms with van der Waals surface area (Å²) in [7, 11) is -3.03. The number of hydrogen-bond acceptors (Lipinski definition) is 6. The number of ether oxygens (including phenoxy) is 1. The Hall–Kier alpha value is -1.70. The average molecular weight is 437 g/mol. The van der Waals surface area contributed by atoms with E-state index in [9.17, 15) is 8.42 Å². The van der Waals surface area contributed by atoms with Crippen LogP contribution in [0, 0.1) is 0 Å². The van der Waals surface area contributed by atoms with E-state index in [1.54, 1.807) is 11.8 Å². The maximum absolute atomic E-state index is 12.1. The van der Waals surface area contributed by atoms with Gasteiger partial charge in [-0.2, -0.15) is 0 Å². The van der Waals surface area contributed by atoms with Crippen molar-refractivity contribution in [2.75, 3.05) is 23.9 Å². The Kier molecular flexibility index (Phi) is 5.85. The minimum absolute atomic E-state index is 0.0850. The SMILES string of the molecule is O=S1(=O)C[C@@H]2N=C(SCCOc3ccccc3)N(Cc3ccc(Cl)cc3)[C@H]2C1. The fraction of sp³-hybridized carbons (Fsp3) is 0.350. The van der Waals surface area contributed by atoms with E-state index in [0.717, 1.165) is 22.2 Å². The van der Waals surface area contributed by atoms with Crippen LogP contribution in [0.2, 0.25) is 5.02 Å². The fourth-order valence-electron chi connectivity index (χ4n) is 3.49. The van der Waals surface area contributed by atoms with Crippen LogP contribution in [-0.4, -0.2) is 54.4 Å². The van der Waals surface area contributed by atoms with Gasteiger partial charge in [0.25, 0.3) is 0 Å². The molecule has 2 aromatic rings. The number of hydrogen-bond donors (Lipinski definition) is 0. The summed E-state index contributed by atoms with van der Waals surface area (Å²) in [5.74, 6) is 1.90. The molecule has 0 aliphatic carbocycles. The molecule has 0 saturated carbocycles. The number of fused-ring (bicyclic) bond motifs is 1. The van der Waals surface area contributed by atoms with Crippen LogP contribution >= 0.6 is 23.4 Å². The summed E-state index contributed by atoms with van der Waals surface area (Å²) in [4.78, 5) is 6.86. The Morgan fingerprint density at radius 3 is 2.61 bits per heavy atom. The van der Waals surface area contributed by atoms with Gasteiger partial charge in [0.05, 0.1) is 30.2 Å². The van der Waals surface area contributed by atoms with Gasteiger partial charge in [-0.05, 0) is 29.8 Å². The maximum Gasteiger partial charge on any atom is 0.160 e. The summed E-state index contributed by atoms with van der Waals surface area (Å²) in [6, 6.07) is 17.1. The number of nitrogens with zero attached hydrogens (tertiary/aromatic N) is 2. The molecule has 2 aromatic carbocycles. The molecular weight excluding hydrogens is 416 g/mol. The van der Waals surface area contributed by atoms with Gasteiger partial charge in [-0.15, -0.1) is 0 Å². The fourth-order valence-corrected chi connectivity index (χ4v) is 6.42. The zero-order valence-corrected chi connectivity index (χ0v) is 17.6. The van der Waals surface area contributed by atoms with Crippen LogP contribution in [0.3, 0.4) is 0 Å². The van der Waals surface area contributed by atoms with Crippen LogP contribution in [0.1, 0.15) is 5.56 Å². The highest BCUT2D eigenvalue weighted by atomic mass is 35.5. The summed E-state index contributed by atoms with van der Waals surface area (Å²) < 4.78 is 29.9. The van der Waals surface area contributed by atoms with Crippen LogP contribution in [0.4, 0.5) is 0 Å². The van der Waals surface area contributed by atoms with Gasteiger partial charge in [0.2, 0.25) is 0 Å². The van der Waals surface area contributed by atoms with Gasteiger partial charge in [0, 0.05) is 17.3 Å². The van der Waals surface area contributed by atoms with E-state index in [1.807, 2.05) is 54.6 Å². The summed E-state index contributed by atoms with van der Waals surface area (Å²) in [6.45, 7) is 1.19. The molecule has 0 unspecified atom stereocenters. The molecular formula is C20H21ClN2O3S2. The molecule has 0 amide bonds. The van der Waals surface area contributed by atoms with Gasteiger partial charge in [0.15, 0.2) is 15.0 Å². The highest BCUT2D eigenvalue weighted by Gasteiger charge is 2.46. The predicted molar refractivity (Wildman–Crippen MR) is 115 cm³/mol. The summed E-state index contributed by atoms with van der Waals surface area (Å²) in [6.07, 6.45) is 0. The van der Waals surface area contributed by atoms with Crippen molar-refractivity contribution in [3.63, 3.8) is 0 Å². The van der Waals surface area contributed by atoms with Crippen LogP contribution in [-0.2, 0) is 16.4 Å². The maximum atomic E-state index is 12.1. The lowest BCUT2D eigenvalue weighted by Gasteiger charge is -2.26. The highest BCUT2D eigenvalue weighted by molar-refractivity contribution is 8.13. The first kappa shape index (κ1) is 19.6. The molecule has 0 bridgehead atoms. The van der Waals surface area contributed by atoms with Crippen molar-refractivity contribution in [1.82, 2.24) is 4.90 Å². The number of amidine groups is 1. The Balaban J connectivity index is 1.42. The molecule has 1 saturated heterocycles. The van der Waals surface area contributed by atoms with E-state index in [2.05, 4.69) is 4.90 Å². The smallest absolute Gasteiger partial charge is 0.160 e. The summed E-state index contributed by atoms with van der Waals surface area (Å²) in [5.41, 5.74) is 1.09. The number of thioether (sulfide) groups is 1. The van der Waals surface area contributed by atoms with Crippen molar-refractivity contribution in [3.05, 3.63) is 65.2 Å². The second-order valence-electron chi connectivity index (χ2n) is 6.89. The third-order valence-electron chi connectivity index (χ3n) is 4.81. The molecule has 4 rings (SSSR count). The number of para-hydroxylation sites is 1. The van der Waals surface area contributed by atoms with Crippen molar-refractivity contribution >= 4 is 38.4 Å². The van der Waals surface area contributed by atoms with Gasteiger partial charge < -0.3 is 9.64 Å². The summed E-state index contributed by atoms with van der Waals surface area (Å²) in [5, 5.41) is 1.59. The normalized spacial score (nSPS) is 22.8. The highest BCUT2D eigenvalue weighted by Crippen LogP contribution is 2.32. The van der Waals surface area contributed by atoms with Crippen molar-refractivity contribution in [1.29, 1.82) is 0 Å². The van der Waals surface area contributed by atoms with Crippen LogP contribution in [0.5, 0.6) is 5.75 Å². The van der Waals surface area contributed by atoms with Gasteiger partial charge in [0.1, 0.15) is 5.75 Å². The summed E-state index contributed by atoms with van der Waals surface area (Å²) >= 11 is 7.60. The largest absolute Gasteiger partial charge is 0.493 e. The quantitative estimate of drug-likeness (QED) is 0.649. The van der Waals surface area contributed by atoms with E-state index in [-0.39, 0.29) is 23.6 Å². The van der Waals surface area contributed by atoms with Gasteiger partial charge >= 0.3 is 0 Å². The molecule has 0 radical (unpaired) electrons. The molecule has 28 heavy (non-hydrogen) atoms. The van der Waals surface area contributed by atoms with E-state index in [0.29, 0.717) is 18.2 Å². The van der Waals surface area contributed by atoms with Crippen molar-refractivity contribution in [2.45, 2.75) is 18.6 Å². The molecule has 148 valence electrons. The lowest BCUT2D eigenvalue weighted by molar-refractivity contribution is 0.340. The first-order chi connectivity index (χ1) is 13.5. The number of aliphatic imine (C=N–C) groups is 1. The molecule has 2 aliphatic rings. The number of sulfone groups is 1. The zero-order valence-electron chi connectivity index (χ0n) is 15.2. The topological polar surface area (TPSA) is 59.0 Å². The minimum Gasteiger partial charge on any atom is -0.493 e. The average Bonchev–Trinajstić information content (AvgIpc) is 3.14. The molecule has 5 nitrogen and oxygen atoms in total. The van der Waals surface area contributed by atoms with E-state index in [1.165, 1.54) is 0 Å².